The third-order valence-corrected chi connectivity index (χ3v) is 5.79. The van der Waals surface area contributed by atoms with E-state index < -0.39 is 18.7 Å². The van der Waals surface area contributed by atoms with Crippen LogP contribution in [0.5, 0.6) is 11.5 Å². The van der Waals surface area contributed by atoms with Gasteiger partial charge in [0.2, 0.25) is 5.91 Å². The van der Waals surface area contributed by atoms with E-state index in [1.165, 1.54) is 6.07 Å². The van der Waals surface area contributed by atoms with Gasteiger partial charge in [-0.3, -0.25) is 9.59 Å². The van der Waals surface area contributed by atoms with Crippen molar-refractivity contribution in [2.24, 2.45) is 5.73 Å². The molecule has 10 heteroatoms. The van der Waals surface area contributed by atoms with E-state index in [1.807, 2.05) is 19.9 Å². The summed E-state index contributed by atoms with van der Waals surface area (Å²) in [7, 11) is 0. The van der Waals surface area contributed by atoms with Gasteiger partial charge in [-0.15, -0.1) is 0 Å². The second-order valence-electron chi connectivity index (χ2n) is 8.82. The van der Waals surface area contributed by atoms with Gasteiger partial charge in [-0.25, -0.2) is 0 Å². The first-order chi connectivity index (χ1) is 17.1. The van der Waals surface area contributed by atoms with Crippen molar-refractivity contribution in [2.75, 3.05) is 31.2 Å². The molecule has 0 saturated heterocycles. The highest BCUT2D eigenvalue weighted by atomic mass is 19.4. The number of hydrogen-bond acceptors (Lipinski definition) is 5. The van der Waals surface area contributed by atoms with Crippen LogP contribution in [0.2, 0.25) is 0 Å². The predicted octanol–water partition coefficient (Wildman–Crippen LogP) is 4.02. The molecule has 1 atom stereocenters. The Hall–Kier alpha value is -3.27. The molecule has 2 aromatic rings. The van der Waals surface area contributed by atoms with Crippen LogP contribution in [0.25, 0.3) is 0 Å². The predicted molar refractivity (Wildman–Crippen MR) is 131 cm³/mol. The molecule has 0 radical (unpaired) electrons. The molecular formula is C26H32F3N3O4. The van der Waals surface area contributed by atoms with Crippen LogP contribution in [-0.4, -0.2) is 50.3 Å². The van der Waals surface area contributed by atoms with Gasteiger partial charge in [0, 0.05) is 25.6 Å². The highest BCUT2D eigenvalue weighted by Crippen LogP contribution is 2.34. The zero-order valence-electron chi connectivity index (χ0n) is 20.5. The SMILES string of the molecule is CCCC(=O)N1CCc2cc(CC(C)NCCOc3ccccc3OCC(F)(F)F)cc(C(N)=O)c21. The Morgan fingerprint density at radius 1 is 1.17 bits per heavy atom. The van der Waals surface area contributed by atoms with Crippen LogP contribution in [0.4, 0.5) is 18.9 Å². The van der Waals surface area contributed by atoms with Gasteiger partial charge < -0.3 is 25.4 Å². The molecule has 3 rings (SSSR count). The normalized spacial score (nSPS) is 13.9. The number of benzene rings is 2. The lowest BCUT2D eigenvalue weighted by Gasteiger charge is -2.21. The molecule has 1 aliphatic rings. The number of halogens is 3. The van der Waals surface area contributed by atoms with Crippen molar-refractivity contribution in [3.63, 3.8) is 0 Å². The minimum absolute atomic E-state index is 0.00749. The van der Waals surface area contributed by atoms with Gasteiger partial charge in [0.25, 0.3) is 5.91 Å². The number of hydrogen-bond donors (Lipinski definition) is 2. The molecule has 2 amide bonds. The number of alkyl halides is 3. The van der Waals surface area contributed by atoms with Crippen molar-refractivity contribution in [3.8, 4) is 11.5 Å². The van der Waals surface area contributed by atoms with E-state index in [1.54, 1.807) is 29.2 Å². The third-order valence-electron chi connectivity index (χ3n) is 5.79. The van der Waals surface area contributed by atoms with Crippen LogP contribution in [0.15, 0.2) is 36.4 Å². The summed E-state index contributed by atoms with van der Waals surface area (Å²) in [5.41, 5.74) is 8.51. The first kappa shape index (κ1) is 27.3. The van der Waals surface area contributed by atoms with Crippen molar-refractivity contribution in [2.45, 2.75) is 51.7 Å². The van der Waals surface area contributed by atoms with E-state index in [2.05, 4.69) is 5.32 Å². The number of primary amides is 1. The smallest absolute Gasteiger partial charge is 0.422 e. The summed E-state index contributed by atoms with van der Waals surface area (Å²) in [6, 6.07) is 10.0. The summed E-state index contributed by atoms with van der Waals surface area (Å²) in [5.74, 6) is -0.300. The lowest BCUT2D eigenvalue weighted by atomic mass is 9.98. The van der Waals surface area contributed by atoms with Crippen molar-refractivity contribution < 1.29 is 32.2 Å². The first-order valence-electron chi connectivity index (χ1n) is 12.0. The van der Waals surface area contributed by atoms with E-state index >= 15 is 0 Å². The van der Waals surface area contributed by atoms with Gasteiger partial charge in [0.05, 0.1) is 11.3 Å². The summed E-state index contributed by atoms with van der Waals surface area (Å²) in [5, 5.41) is 3.31. The van der Waals surface area contributed by atoms with E-state index in [9.17, 15) is 22.8 Å². The molecule has 1 unspecified atom stereocenters. The molecule has 36 heavy (non-hydrogen) atoms. The largest absolute Gasteiger partial charge is 0.488 e. The van der Waals surface area contributed by atoms with Crippen LogP contribution in [0.1, 0.15) is 48.2 Å². The number of anilines is 1. The summed E-state index contributed by atoms with van der Waals surface area (Å²) < 4.78 is 47.8. The molecule has 0 spiro atoms. The van der Waals surface area contributed by atoms with E-state index in [4.69, 9.17) is 15.2 Å². The van der Waals surface area contributed by atoms with Crippen LogP contribution in [-0.2, 0) is 17.6 Å². The average molecular weight is 508 g/mol. The maximum atomic E-state index is 12.5. The number of carbonyl (C=O) groups excluding carboxylic acids is 2. The van der Waals surface area contributed by atoms with Crippen molar-refractivity contribution >= 4 is 17.5 Å². The number of nitrogens with zero attached hydrogens (tertiary/aromatic N) is 1. The number of carbonyl (C=O) groups is 2. The lowest BCUT2D eigenvalue weighted by molar-refractivity contribution is -0.153. The standard InChI is InChI=1S/C26H32F3N3O4/c1-3-6-23(33)32-11-9-19-14-18(15-20(24(19)32)25(30)34)13-17(2)31-10-12-35-21-7-4-5-8-22(21)36-16-26(27,28)29/h4-5,7-8,14-15,17,31H,3,6,9-13,16H2,1-2H3,(H2,30,34). The molecule has 0 fully saturated rings. The number of rotatable bonds is 12. The van der Waals surface area contributed by atoms with Gasteiger partial charge >= 0.3 is 6.18 Å². The van der Waals surface area contributed by atoms with Crippen LogP contribution >= 0.6 is 0 Å². The lowest BCUT2D eigenvalue weighted by Crippen LogP contribution is -2.32. The number of nitrogens with one attached hydrogen (secondary N) is 1. The summed E-state index contributed by atoms with van der Waals surface area (Å²) in [6.45, 7) is 3.74. The van der Waals surface area contributed by atoms with Crippen LogP contribution in [0.3, 0.4) is 0 Å². The fourth-order valence-corrected chi connectivity index (χ4v) is 4.26. The van der Waals surface area contributed by atoms with Gasteiger partial charge in [-0.2, -0.15) is 13.2 Å². The fraction of sp³-hybridized carbons (Fsp3) is 0.462. The minimum atomic E-state index is -4.43. The Morgan fingerprint density at radius 2 is 1.86 bits per heavy atom. The van der Waals surface area contributed by atoms with Crippen molar-refractivity contribution in [3.05, 3.63) is 53.1 Å². The molecule has 3 N–H and O–H groups in total. The van der Waals surface area contributed by atoms with Gasteiger partial charge in [0.1, 0.15) is 6.61 Å². The second-order valence-corrected chi connectivity index (χ2v) is 8.82. The summed E-state index contributed by atoms with van der Waals surface area (Å²) >= 11 is 0. The fourth-order valence-electron chi connectivity index (χ4n) is 4.26. The van der Waals surface area contributed by atoms with Gasteiger partial charge in [-0.1, -0.05) is 25.1 Å². The third kappa shape index (κ3) is 7.36. The highest BCUT2D eigenvalue weighted by Gasteiger charge is 2.30. The molecule has 2 aromatic carbocycles. The molecule has 1 heterocycles. The zero-order valence-corrected chi connectivity index (χ0v) is 20.5. The number of amides is 2. The second kappa shape index (κ2) is 12.1. The van der Waals surface area contributed by atoms with Crippen molar-refractivity contribution in [1.29, 1.82) is 0 Å². The van der Waals surface area contributed by atoms with Crippen LogP contribution < -0.4 is 25.4 Å². The molecule has 7 nitrogen and oxygen atoms in total. The molecule has 1 aliphatic heterocycles. The maximum absolute atomic E-state index is 12.5. The maximum Gasteiger partial charge on any atom is 0.422 e. The van der Waals surface area contributed by atoms with Gasteiger partial charge in [0.15, 0.2) is 18.1 Å². The molecule has 0 aliphatic carbocycles. The minimum Gasteiger partial charge on any atom is -0.488 e. The summed E-state index contributed by atoms with van der Waals surface area (Å²) in [4.78, 5) is 26.3. The monoisotopic (exact) mass is 507 g/mol. The van der Waals surface area contributed by atoms with Crippen LogP contribution in [0, 0.1) is 0 Å². The molecule has 196 valence electrons. The van der Waals surface area contributed by atoms with E-state index in [-0.39, 0.29) is 30.1 Å². The zero-order chi connectivity index (χ0) is 26.3. The molecule has 0 saturated carbocycles. The molecular weight excluding hydrogens is 475 g/mol. The topological polar surface area (TPSA) is 93.9 Å². The van der Waals surface area contributed by atoms with Crippen molar-refractivity contribution in [1.82, 2.24) is 5.32 Å². The van der Waals surface area contributed by atoms with E-state index in [0.29, 0.717) is 43.6 Å². The molecule has 0 aromatic heterocycles. The Morgan fingerprint density at radius 3 is 2.50 bits per heavy atom. The number of ether oxygens (including phenoxy) is 2. The quantitative estimate of drug-likeness (QED) is 0.424. The Bertz CT molecular complexity index is 1070. The Kier molecular flexibility index (Phi) is 9.19. The highest BCUT2D eigenvalue weighted by molar-refractivity contribution is 6.06. The van der Waals surface area contributed by atoms with Gasteiger partial charge in [-0.05, 0) is 55.5 Å². The Balaban J connectivity index is 1.56. The summed E-state index contributed by atoms with van der Waals surface area (Å²) in [6.07, 6.45) is -2.00. The first-order valence-corrected chi connectivity index (χ1v) is 12.0. The number of para-hydroxylation sites is 2. The number of nitrogens with two attached hydrogens (primary N) is 1. The molecule has 0 bridgehead atoms. The number of fused-ring (bicyclic) bond motifs is 1. The Labute approximate surface area is 208 Å². The average Bonchev–Trinajstić information content (AvgIpc) is 3.24. The van der Waals surface area contributed by atoms with E-state index in [0.717, 1.165) is 17.5 Å².